The number of aromatic nitrogens is 1. The molecular weight excluding hydrogens is 302 g/mol. The second-order valence-electron chi connectivity index (χ2n) is 3.22. The highest BCUT2D eigenvalue weighted by atomic mass is 35.5. The van der Waals surface area contributed by atoms with E-state index in [0.717, 1.165) is 17.6 Å². The van der Waals surface area contributed by atoms with Gasteiger partial charge in [-0.05, 0) is 0 Å². The van der Waals surface area contributed by atoms with E-state index in [4.69, 9.17) is 11.6 Å². The standard InChI is InChI=1S/C8H12ClN3O4S2/c1-16-7(13)5-6(9)12-8(17-5)10-3-4-11-18(2,14)15/h11H,3-4H2,1-2H3,(H,10,12). The second kappa shape index (κ2) is 6.32. The lowest BCUT2D eigenvalue weighted by Gasteiger charge is -2.02. The Balaban J connectivity index is 2.51. The van der Waals surface area contributed by atoms with Crippen molar-refractivity contribution in [1.82, 2.24) is 9.71 Å². The van der Waals surface area contributed by atoms with Crippen molar-refractivity contribution in [3.63, 3.8) is 0 Å². The van der Waals surface area contributed by atoms with Crippen LogP contribution in [0.2, 0.25) is 5.15 Å². The molecule has 10 heteroatoms. The number of anilines is 1. The van der Waals surface area contributed by atoms with Crippen molar-refractivity contribution in [2.24, 2.45) is 0 Å². The van der Waals surface area contributed by atoms with Crippen LogP contribution in [0.25, 0.3) is 0 Å². The van der Waals surface area contributed by atoms with E-state index in [0.29, 0.717) is 11.7 Å². The van der Waals surface area contributed by atoms with Crippen LogP contribution < -0.4 is 10.0 Å². The molecule has 0 aromatic carbocycles. The normalized spacial score (nSPS) is 11.3. The number of carbonyl (C=O) groups excluding carboxylic acids is 1. The molecule has 18 heavy (non-hydrogen) atoms. The van der Waals surface area contributed by atoms with Crippen molar-refractivity contribution in [3.8, 4) is 0 Å². The maximum absolute atomic E-state index is 11.3. The number of sulfonamides is 1. The number of hydrogen-bond acceptors (Lipinski definition) is 7. The number of thiazole rings is 1. The predicted octanol–water partition coefficient (Wildman–Crippen LogP) is 0.544. The van der Waals surface area contributed by atoms with Crippen LogP contribution in [0.5, 0.6) is 0 Å². The lowest BCUT2D eigenvalue weighted by atomic mass is 10.6. The fourth-order valence-corrected chi connectivity index (χ4v) is 2.60. The third-order valence-corrected chi connectivity index (χ3v) is 3.83. The number of hydrogen-bond donors (Lipinski definition) is 2. The molecule has 0 fully saturated rings. The third-order valence-electron chi connectivity index (χ3n) is 1.72. The van der Waals surface area contributed by atoms with E-state index in [9.17, 15) is 13.2 Å². The lowest BCUT2D eigenvalue weighted by molar-refractivity contribution is 0.0606. The Morgan fingerprint density at radius 1 is 1.50 bits per heavy atom. The number of nitrogens with one attached hydrogen (secondary N) is 2. The molecule has 1 aromatic heterocycles. The van der Waals surface area contributed by atoms with Gasteiger partial charge < -0.3 is 10.1 Å². The first-order valence-electron chi connectivity index (χ1n) is 4.76. The van der Waals surface area contributed by atoms with Crippen LogP contribution in [0.15, 0.2) is 0 Å². The molecule has 0 saturated carbocycles. The summed E-state index contributed by atoms with van der Waals surface area (Å²) in [6.45, 7) is 0.543. The van der Waals surface area contributed by atoms with E-state index in [1.54, 1.807) is 0 Å². The molecule has 7 nitrogen and oxygen atoms in total. The largest absolute Gasteiger partial charge is 0.465 e. The van der Waals surface area contributed by atoms with Crippen LogP contribution in [0, 0.1) is 0 Å². The molecule has 1 heterocycles. The van der Waals surface area contributed by atoms with E-state index in [1.807, 2.05) is 0 Å². The molecule has 0 radical (unpaired) electrons. The summed E-state index contributed by atoms with van der Waals surface area (Å²) in [4.78, 5) is 15.4. The first-order valence-corrected chi connectivity index (χ1v) is 7.85. The number of rotatable bonds is 6. The van der Waals surface area contributed by atoms with Crippen LogP contribution >= 0.6 is 22.9 Å². The fourth-order valence-electron chi connectivity index (χ4n) is 1.00. The number of carbonyl (C=O) groups is 1. The van der Waals surface area contributed by atoms with Gasteiger partial charge in [0.05, 0.1) is 13.4 Å². The monoisotopic (exact) mass is 313 g/mol. The average molecular weight is 314 g/mol. The van der Waals surface area contributed by atoms with Crippen molar-refractivity contribution in [2.45, 2.75) is 0 Å². The van der Waals surface area contributed by atoms with Crippen LogP contribution in [-0.4, -0.2) is 45.8 Å². The quantitative estimate of drug-likeness (QED) is 0.588. The Morgan fingerprint density at radius 3 is 2.72 bits per heavy atom. The Morgan fingerprint density at radius 2 is 2.17 bits per heavy atom. The molecule has 2 N–H and O–H groups in total. The molecule has 102 valence electrons. The molecule has 1 aromatic rings. The van der Waals surface area contributed by atoms with Gasteiger partial charge in [-0.3, -0.25) is 0 Å². The van der Waals surface area contributed by atoms with Crippen LogP contribution in [0.3, 0.4) is 0 Å². The number of halogens is 1. The summed E-state index contributed by atoms with van der Waals surface area (Å²) in [5.41, 5.74) is 0. The molecule has 0 unspecified atom stereocenters. The van der Waals surface area contributed by atoms with Crippen molar-refractivity contribution in [1.29, 1.82) is 0 Å². The average Bonchev–Trinajstić information content (AvgIpc) is 2.64. The summed E-state index contributed by atoms with van der Waals surface area (Å²) in [6.07, 6.45) is 1.07. The van der Waals surface area contributed by atoms with E-state index in [2.05, 4.69) is 19.8 Å². The van der Waals surface area contributed by atoms with E-state index < -0.39 is 16.0 Å². The topological polar surface area (TPSA) is 97.4 Å². The maximum atomic E-state index is 11.3. The van der Waals surface area contributed by atoms with Gasteiger partial charge in [0.25, 0.3) is 0 Å². The number of methoxy groups -OCH3 is 1. The van der Waals surface area contributed by atoms with Gasteiger partial charge in [-0.2, -0.15) is 0 Å². The Bertz CT molecular complexity index is 528. The Labute approximate surface area is 114 Å². The molecule has 0 atom stereocenters. The molecule has 1 rings (SSSR count). The number of nitrogens with zero attached hydrogens (tertiary/aromatic N) is 1. The molecule has 0 saturated heterocycles. The minimum atomic E-state index is -3.21. The minimum Gasteiger partial charge on any atom is -0.465 e. The molecule has 0 amide bonds. The SMILES string of the molecule is COC(=O)c1sc(NCCNS(C)(=O)=O)nc1Cl. The van der Waals surface area contributed by atoms with Crippen molar-refractivity contribution in [2.75, 3.05) is 31.8 Å². The van der Waals surface area contributed by atoms with Crippen LogP contribution in [-0.2, 0) is 14.8 Å². The highest BCUT2D eigenvalue weighted by Crippen LogP contribution is 2.27. The second-order valence-corrected chi connectivity index (χ2v) is 6.41. The first-order chi connectivity index (χ1) is 8.33. The summed E-state index contributed by atoms with van der Waals surface area (Å²) >= 11 is 6.80. The Hall–Kier alpha value is -0.900. The molecule has 0 aliphatic carbocycles. The van der Waals surface area contributed by atoms with E-state index in [1.165, 1.54) is 7.11 Å². The molecule has 0 bridgehead atoms. The first kappa shape index (κ1) is 15.2. The summed E-state index contributed by atoms with van der Waals surface area (Å²) in [7, 11) is -1.95. The van der Waals surface area contributed by atoms with Crippen molar-refractivity contribution < 1.29 is 17.9 Å². The smallest absolute Gasteiger partial charge is 0.351 e. The zero-order valence-corrected chi connectivity index (χ0v) is 12.1. The van der Waals surface area contributed by atoms with Gasteiger partial charge in [-0.1, -0.05) is 22.9 Å². The lowest BCUT2D eigenvalue weighted by Crippen LogP contribution is -2.27. The van der Waals surface area contributed by atoms with Gasteiger partial charge in [0.1, 0.15) is 0 Å². The minimum absolute atomic E-state index is 0.0606. The Kier molecular flexibility index (Phi) is 5.32. The van der Waals surface area contributed by atoms with Crippen LogP contribution in [0.4, 0.5) is 5.13 Å². The van der Waals surface area contributed by atoms with Gasteiger partial charge in [0, 0.05) is 13.1 Å². The van der Waals surface area contributed by atoms with Gasteiger partial charge in [-0.15, -0.1) is 0 Å². The van der Waals surface area contributed by atoms with Crippen molar-refractivity contribution in [3.05, 3.63) is 10.0 Å². The summed E-state index contributed by atoms with van der Waals surface area (Å²) in [5.74, 6) is -0.556. The van der Waals surface area contributed by atoms with Gasteiger partial charge >= 0.3 is 5.97 Å². The molecule has 0 aliphatic rings. The summed E-state index contributed by atoms with van der Waals surface area (Å²) < 4.78 is 28.4. The summed E-state index contributed by atoms with van der Waals surface area (Å²) in [6, 6.07) is 0. The maximum Gasteiger partial charge on any atom is 0.351 e. The van der Waals surface area contributed by atoms with Gasteiger partial charge in [-0.25, -0.2) is 22.9 Å². The van der Waals surface area contributed by atoms with Crippen LogP contribution in [0.1, 0.15) is 9.67 Å². The van der Waals surface area contributed by atoms with Gasteiger partial charge in [0.15, 0.2) is 15.2 Å². The molecular formula is C8H12ClN3O4S2. The zero-order valence-electron chi connectivity index (χ0n) is 9.69. The number of ether oxygens (including phenoxy) is 1. The fraction of sp³-hybridized carbons (Fsp3) is 0.500. The zero-order chi connectivity index (χ0) is 13.8. The predicted molar refractivity (Wildman–Crippen MR) is 69.8 cm³/mol. The van der Waals surface area contributed by atoms with E-state index >= 15 is 0 Å². The summed E-state index contributed by atoms with van der Waals surface area (Å²) in [5, 5.41) is 3.33. The molecule has 0 spiro atoms. The highest BCUT2D eigenvalue weighted by Gasteiger charge is 2.16. The third kappa shape index (κ3) is 4.77. The van der Waals surface area contributed by atoms with Crippen molar-refractivity contribution >= 4 is 44.1 Å². The van der Waals surface area contributed by atoms with Gasteiger partial charge in [0.2, 0.25) is 10.0 Å². The molecule has 0 aliphatic heterocycles. The van der Waals surface area contributed by atoms with E-state index in [-0.39, 0.29) is 16.6 Å². The highest BCUT2D eigenvalue weighted by molar-refractivity contribution is 7.88. The number of esters is 1.